The number of phenols is 1. The van der Waals surface area contributed by atoms with E-state index in [1.54, 1.807) is 42.5 Å². The van der Waals surface area contributed by atoms with Crippen molar-refractivity contribution in [3.05, 3.63) is 75.2 Å². The molecule has 220 valence electrons. The Hall–Kier alpha value is -3.56. The highest BCUT2D eigenvalue weighted by Crippen LogP contribution is 2.33. The normalized spacial score (nSPS) is 12.9. The van der Waals surface area contributed by atoms with Crippen LogP contribution in [0, 0.1) is 0 Å². The number of fused-ring (bicyclic) bond motifs is 1. The molecule has 0 spiro atoms. The van der Waals surface area contributed by atoms with Crippen LogP contribution in [0.1, 0.15) is 90.8 Å². The molecule has 3 aromatic rings. The monoisotopic (exact) mass is 582 g/mol. The molecular weight excluding hydrogens is 544 g/mol. The zero-order valence-corrected chi connectivity index (χ0v) is 24.8. The van der Waals surface area contributed by atoms with Gasteiger partial charge in [-0.15, -0.1) is 12.6 Å². The number of esters is 1. The lowest BCUT2D eigenvalue weighted by Crippen LogP contribution is -2.27. The van der Waals surface area contributed by atoms with E-state index in [1.165, 1.54) is 14.0 Å². The minimum atomic E-state index is -0.952. The van der Waals surface area contributed by atoms with E-state index in [0.29, 0.717) is 35.5 Å². The van der Waals surface area contributed by atoms with Crippen LogP contribution >= 0.6 is 12.6 Å². The maximum atomic E-state index is 13.7. The molecule has 1 heterocycles. The second kappa shape index (κ2) is 14.9. The number of ketones is 1. The van der Waals surface area contributed by atoms with E-state index in [0.717, 1.165) is 19.3 Å². The van der Waals surface area contributed by atoms with Gasteiger partial charge in [-0.3, -0.25) is 9.59 Å². The van der Waals surface area contributed by atoms with Gasteiger partial charge in [0.2, 0.25) is 5.76 Å². The highest BCUT2D eigenvalue weighted by Gasteiger charge is 2.30. The molecule has 9 heteroatoms. The van der Waals surface area contributed by atoms with Crippen molar-refractivity contribution in [2.75, 3.05) is 13.7 Å². The first kappa shape index (κ1) is 32.0. The summed E-state index contributed by atoms with van der Waals surface area (Å²) in [4.78, 5) is 38.8. The predicted octanol–water partition coefficient (Wildman–Crippen LogP) is 6.39. The highest BCUT2D eigenvalue weighted by atomic mass is 32.1. The van der Waals surface area contributed by atoms with Gasteiger partial charge < -0.3 is 24.1 Å². The number of hydrogen-bond acceptors (Lipinski definition) is 9. The lowest BCUT2D eigenvalue weighted by atomic mass is 9.88. The van der Waals surface area contributed by atoms with Gasteiger partial charge in [0.15, 0.2) is 11.2 Å². The molecular formula is C32H38O8S. The zero-order valence-electron chi connectivity index (χ0n) is 23.9. The maximum absolute atomic E-state index is 13.7. The molecule has 0 aliphatic rings. The van der Waals surface area contributed by atoms with Crippen molar-refractivity contribution >= 4 is 35.4 Å². The number of aliphatic hydroxyl groups is 1. The number of carbonyl (C=O) groups is 2. The Balaban J connectivity index is 1.94. The van der Waals surface area contributed by atoms with E-state index in [-0.39, 0.29) is 46.0 Å². The molecule has 0 fully saturated rings. The summed E-state index contributed by atoms with van der Waals surface area (Å²) in [6.45, 7) is 5.62. The van der Waals surface area contributed by atoms with E-state index in [2.05, 4.69) is 12.6 Å². The van der Waals surface area contributed by atoms with Crippen molar-refractivity contribution in [2.45, 2.75) is 76.2 Å². The molecule has 0 unspecified atom stereocenters. The number of aliphatic hydroxyl groups excluding tert-OH is 1. The van der Waals surface area contributed by atoms with E-state index in [1.807, 2.05) is 13.8 Å². The number of carbonyl (C=O) groups excluding carboxylic acids is 2. The summed E-state index contributed by atoms with van der Waals surface area (Å²) in [6, 6.07) is 8.03. The topological polar surface area (TPSA) is 123 Å². The summed E-state index contributed by atoms with van der Waals surface area (Å²) in [7, 11) is 1.20. The largest absolute Gasteiger partial charge is 0.507 e. The Morgan fingerprint density at radius 1 is 1.15 bits per heavy atom. The SMILES string of the molecule is CCCC[C@H](O)[C@H](C=CCCOc1ccc(C(C)=O)c(O)c1CCC)c1c(C(=O)OC)oc2cc(S)ccc2c1=O. The van der Waals surface area contributed by atoms with Crippen LogP contribution in [0.4, 0.5) is 0 Å². The number of thiol groups is 1. The van der Waals surface area contributed by atoms with Crippen molar-refractivity contribution in [3.63, 3.8) is 0 Å². The molecule has 41 heavy (non-hydrogen) atoms. The van der Waals surface area contributed by atoms with Gasteiger partial charge >= 0.3 is 5.97 Å². The first-order chi connectivity index (χ1) is 19.6. The van der Waals surface area contributed by atoms with E-state index in [9.17, 15) is 24.6 Å². The number of hydrogen-bond donors (Lipinski definition) is 3. The number of unbranched alkanes of at least 4 members (excludes halogenated alkanes) is 1. The second-order valence-electron chi connectivity index (χ2n) is 9.89. The molecule has 0 amide bonds. The summed E-state index contributed by atoms with van der Waals surface area (Å²) >= 11 is 4.30. The van der Waals surface area contributed by atoms with Crippen LogP contribution in [0.2, 0.25) is 0 Å². The summed E-state index contributed by atoms with van der Waals surface area (Å²) in [5, 5.41) is 22.0. The Bertz CT molecular complexity index is 1470. The van der Waals surface area contributed by atoms with E-state index < -0.39 is 23.4 Å². The number of phenolic OH excluding ortho intramolecular Hbond substituents is 1. The van der Waals surface area contributed by atoms with Crippen LogP contribution in [0.15, 0.2) is 56.6 Å². The van der Waals surface area contributed by atoms with Crippen LogP contribution in [0.5, 0.6) is 11.5 Å². The minimum absolute atomic E-state index is 0.0343. The molecule has 8 nitrogen and oxygen atoms in total. The van der Waals surface area contributed by atoms with Crippen molar-refractivity contribution in [1.29, 1.82) is 0 Å². The number of methoxy groups -OCH3 is 1. The average Bonchev–Trinajstić information content (AvgIpc) is 2.94. The maximum Gasteiger partial charge on any atom is 0.374 e. The average molecular weight is 583 g/mol. The van der Waals surface area contributed by atoms with Crippen LogP contribution in [-0.4, -0.2) is 41.8 Å². The lowest BCUT2D eigenvalue weighted by molar-refractivity contribution is 0.0560. The summed E-state index contributed by atoms with van der Waals surface area (Å²) in [5.41, 5.74) is 0.648. The molecule has 0 aliphatic carbocycles. The molecule has 2 aromatic carbocycles. The first-order valence-corrected chi connectivity index (χ1v) is 14.3. The fourth-order valence-electron chi connectivity index (χ4n) is 4.76. The lowest BCUT2D eigenvalue weighted by Gasteiger charge is -2.21. The summed E-state index contributed by atoms with van der Waals surface area (Å²) < 4.78 is 16.7. The van der Waals surface area contributed by atoms with E-state index in [4.69, 9.17) is 13.9 Å². The molecule has 0 aliphatic heterocycles. The Kier molecular flexibility index (Phi) is 11.6. The molecule has 0 bridgehead atoms. The van der Waals surface area contributed by atoms with Gasteiger partial charge in [0, 0.05) is 16.4 Å². The Morgan fingerprint density at radius 3 is 2.56 bits per heavy atom. The number of benzene rings is 2. The highest BCUT2D eigenvalue weighted by molar-refractivity contribution is 7.80. The third-order valence-corrected chi connectivity index (χ3v) is 7.17. The van der Waals surface area contributed by atoms with Crippen molar-refractivity contribution in [2.24, 2.45) is 0 Å². The molecule has 2 atom stereocenters. The number of rotatable bonds is 14. The third-order valence-electron chi connectivity index (χ3n) is 6.89. The van der Waals surface area contributed by atoms with Crippen LogP contribution < -0.4 is 10.2 Å². The van der Waals surface area contributed by atoms with Crippen molar-refractivity contribution in [1.82, 2.24) is 0 Å². The smallest absolute Gasteiger partial charge is 0.374 e. The van der Waals surface area contributed by atoms with Gasteiger partial charge in [-0.05, 0) is 56.5 Å². The molecule has 3 rings (SSSR count). The summed E-state index contributed by atoms with van der Waals surface area (Å²) in [6.07, 6.45) is 6.23. The Labute approximate surface area is 245 Å². The molecule has 1 aromatic heterocycles. The van der Waals surface area contributed by atoms with Crippen LogP contribution in [-0.2, 0) is 11.2 Å². The van der Waals surface area contributed by atoms with Crippen LogP contribution in [0.3, 0.4) is 0 Å². The first-order valence-electron chi connectivity index (χ1n) is 13.9. The molecule has 0 radical (unpaired) electrons. The van der Waals surface area contributed by atoms with Gasteiger partial charge in [-0.1, -0.05) is 45.3 Å². The van der Waals surface area contributed by atoms with Crippen molar-refractivity contribution < 1.29 is 33.7 Å². The second-order valence-corrected chi connectivity index (χ2v) is 10.4. The number of Topliss-reactive ketones (excluding diaryl/α,β-unsaturated/α-hetero) is 1. The summed E-state index contributed by atoms with van der Waals surface area (Å²) in [5.74, 6) is -1.69. The third kappa shape index (κ3) is 7.59. The molecule has 0 saturated heterocycles. The minimum Gasteiger partial charge on any atom is -0.507 e. The number of ether oxygens (including phenoxy) is 2. The number of aromatic hydroxyl groups is 1. The van der Waals surface area contributed by atoms with Crippen molar-refractivity contribution in [3.8, 4) is 11.5 Å². The fourth-order valence-corrected chi connectivity index (χ4v) is 4.95. The molecule has 2 N–H and O–H groups in total. The predicted molar refractivity (Wildman–Crippen MR) is 161 cm³/mol. The van der Waals surface area contributed by atoms with Gasteiger partial charge in [-0.2, -0.15) is 0 Å². The van der Waals surface area contributed by atoms with Gasteiger partial charge in [-0.25, -0.2) is 4.79 Å². The van der Waals surface area contributed by atoms with Crippen LogP contribution in [0.25, 0.3) is 11.0 Å². The quantitative estimate of drug-likeness (QED) is 0.0657. The molecule has 0 saturated carbocycles. The fraction of sp³-hybridized carbons (Fsp3) is 0.406. The Morgan fingerprint density at radius 2 is 1.90 bits per heavy atom. The van der Waals surface area contributed by atoms with Gasteiger partial charge in [0.25, 0.3) is 0 Å². The van der Waals surface area contributed by atoms with Gasteiger partial charge in [0.1, 0.15) is 17.1 Å². The zero-order chi connectivity index (χ0) is 30.1. The van der Waals surface area contributed by atoms with E-state index >= 15 is 0 Å². The standard InChI is InChI=1S/C32H38O8S/c1-5-7-12-25(34)22(28-30(36)24-14-13-20(41)18-27(24)40-31(28)32(37)38-4)11-8-9-17-39-26-16-15-21(19(3)33)29(35)23(26)10-6-2/h8,11,13-16,18,22,25,34-35,41H,5-7,9-10,12,17H2,1-4H3/t22-,25-/m0/s1. The van der Waals surface area contributed by atoms with Gasteiger partial charge in [0.05, 0.1) is 36.3 Å².